The third-order valence-corrected chi connectivity index (χ3v) is 10.9. The second-order valence-electron chi connectivity index (χ2n) is 14.4. The predicted octanol–water partition coefficient (Wildman–Crippen LogP) is -1.50. The Morgan fingerprint density at radius 2 is 0.600 bits per heavy atom. The second kappa shape index (κ2) is 15.3. The SMILES string of the molecule is [B]c1c([B])c([B])c(-c2c([B])c([B])c3c(oc4c([B])c([B])c(-c5nc(-c6ccccc6)nc(-c6ccc(-c7ccc(-c8ccccc8)cc7)cc6)n5)c([B])c43)c2[B])c([B])c1[B]. The number of hydrogen-bond acceptors (Lipinski definition) is 4. The highest BCUT2D eigenvalue weighted by atomic mass is 16.3. The first-order chi connectivity index (χ1) is 28.8. The minimum absolute atomic E-state index is 0.000961. The Labute approximate surface area is 362 Å². The van der Waals surface area contributed by atoms with Gasteiger partial charge in [-0.2, -0.15) is 0 Å². The minimum atomic E-state index is 0.000961. The van der Waals surface area contributed by atoms with Crippen LogP contribution in [0.2, 0.25) is 0 Å². The molecule has 60 heavy (non-hydrogen) atoms. The largest absolute Gasteiger partial charge is 0.457 e. The van der Waals surface area contributed by atoms with E-state index in [0.29, 0.717) is 11.6 Å². The predicted molar refractivity (Wildman–Crippen MR) is 259 cm³/mol. The fraction of sp³-hybridized carbons (Fsp3) is 0. The van der Waals surface area contributed by atoms with Crippen LogP contribution in [0.4, 0.5) is 0 Å². The molecule has 7 aromatic carbocycles. The van der Waals surface area contributed by atoms with Crippen molar-refractivity contribution in [1.82, 2.24) is 15.0 Å². The van der Waals surface area contributed by atoms with Crippen molar-refractivity contribution in [3.63, 3.8) is 0 Å². The molecule has 0 saturated heterocycles. The number of rotatable bonds is 6. The van der Waals surface area contributed by atoms with Crippen LogP contribution in [0.25, 0.3) is 89.5 Å². The molecule has 2 heterocycles. The standard InChI is InChI=1S/C45H18B11N3O/c46-30-27-28-34(50)31(47)26(25-32(48)37(53)39(55)38(54)33(25)49)36(52)41(28)60-42(27)40(56)35(51)29(30)45-58-43(23-9-5-2-6-10-23)57-44(59-45)24-17-15-22(16-18-24)21-13-11-20(12-14-21)19-7-3-1-4-8-19/h1-18H. The van der Waals surface area contributed by atoms with Gasteiger partial charge in [-0.05, 0) is 38.8 Å². The smallest absolute Gasteiger partial charge is 0.164 e. The molecule has 0 unspecified atom stereocenters. The Morgan fingerprint density at radius 3 is 1.12 bits per heavy atom. The van der Waals surface area contributed by atoms with Crippen LogP contribution in [0.1, 0.15) is 0 Å². The van der Waals surface area contributed by atoms with Crippen molar-refractivity contribution < 1.29 is 4.42 Å². The second-order valence-corrected chi connectivity index (χ2v) is 14.4. The maximum atomic E-state index is 7.04. The van der Waals surface area contributed by atoms with Crippen molar-refractivity contribution in [1.29, 1.82) is 0 Å². The summed E-state index contributed by atoms with van der Waals surface area (Å²) in [5.41, 5.74) is 6.82. The van der Waals surface area contributed by atoms with Gasteiger partial charge in [0.15, 0.2) is 17.5 Å². The summed E-state index contributed by atoms with van der Waals surface area (Å²) in [4.78, 5) is 14.7. The van der Waals surface area contributed by atoms with Gasteiger partial charge < -0.3 is 4.42 Å². The molecule has 0 spiro atoms. The van der Waals surface area contributed by atoms with Crippen molar-refractivity contribution in [2.75, 3.05) is 0 Å². The van der Waals surface area contributed by atoms with Gasteiger partial charge >= 0.3 is 0 Å². The topological polar surface area (TPSA) is 51.8 Å². The zero-order valence-electron chi connectivity index (χ0n) is 32.0. The summed E-state index contributed by atoms with van der Waals surface area (Å²) in [6, 6.07) is 36.0. The van der Waals surface area contributed by atoms with Gasteiger partial charge in [0, 0.05) is 27.5 Å². The fourth-order valence-corrected chi connectivity index (χ4v) is 7.64. The average Bonchev–Trinajstić information content (AvgIpc) is 3.70. The molecule has 0 atom stereocenters. The van der Waals surface area contributed by atoms with Crippen molar-refractivity contribution in [3.8, 4) is 67.5 Å². The molecule has 0 aliphatic heterocycles. The molecule has 0 aliphatic rings. The zero-order valence-corrected chi connectivity index (χ0v) is 32.0. The molecular formula is C45H18B11N3O. The summed E-state index contributed by atoms with van der Waals surface area (Å²) in [7, 11) is 72.2. The zero-order chi connectivity index (χ0) is 42.1. The van der Waals surface area contributed by atoms with Crippen LogP contribution in [0.15, 0.2) is 114 Å². The maximum absolute atomic E-state index is 7.04. The number of aromatic nitrogens is 3. The molecule has 0 N–H and O–H groups in total. The number of fused-ring (bicyclic) bond motifs is 3. The molecule has 2 aromatic heterocycles. The van der Waals surface area contributed by atoms with E-state index in [9.17, 15) is 0 Å². The molecule has 0 aliphatic carbocycles. The Hall–Kier alpha value is -5.94. The fourth-order valence-electron chi connectivity index (χ4n) is 7.64. The molecule has 22 radical (unpaired) electrons. The van der Waals surface area contributed by atoms with Crippen LogP contribution >= 0.6 is 0 Å². The highest BCUT2D eigenvalue weighted by Gasteiger charge is 2.26. The van der Waals surface area contributed by atoms with E-state index < -0.39 is 0 Å². The summed E-state index contributed by atoms with van der Waals surface area (Å²) < 4.78 is 6.32. The van der Waals surface area contributed by atoms with Crippen molar-refractivity contribution >= 4 is 168 Å². The maximum Gasteiger partial charge on any atom is 0.164 e. The van der Waals surface area contributed by atoms with E-state index in [1.165, 1.54) is 0 Å². The van der Waals surface area contributed by atoms with Crippen molar-refractivity contribution in [3.05, 3.63) is 109 Å². The Bertz CT molecular complexity index is 3170. The first-order valence-electron chi connectivity index (χ1n) is 18.6. The van der Waals surface area contributed by atoms with Gasteiger partial charge in [0.2, 0.25) is 0 Å². The normalized spacial score (nSPS) is 11.4. The monoisotopic (exact) mass is 737 g/mol. The lowest BCUT2D eigenvalue weighted by molar-refractivity contribution is 0.675. The molecule has 4 nitrogen and oxygen atoms in total. The number of hydrogen-bond donors (Lipinski definition) is 0. The molecule has 0 saturated carbocycles. The van der Waals surface area contributed by atoms with Gasteiger partial charge in [0.05, 0.1) is 0 Å². The molecule has 0 fully saturated rings. The van der Waals surface area contributed by atoms with E-state index in [0.717, 1.165) is 33.4 Å². The van der Waals surface area contributed by atoms with Gasteiger partial charge in [-0.15, -0.1) is 16.4 Å². The number of furan rings is 1. The Balaban J connectivity index is 1.21. The van der Waals surface area contributed by atoms with Gasteiger partial charge in [-0.3, -0.25) is 0 Å². The van der Waals surface area contributed by atoms with E-state index in [2.05, 4.69) is 36.4 Å². The molecule has 9 rings (SSSR count). The van der Waals surface area contributed by atoms with Crippen LogP contribution in [-0.2, 0) is 0 Å². The molecule has 0 bridgehead atoms. The van der Waals surface area contributed by atoms with Crippen molar-refractivity contribution in [2.45, 2.75) is 0 Å². The number of nitrogens with zero attached hydrogens (tertiary/aromatic N) is 3. The first-order valence-corrected chi connectivity index (χ1v) is 18.6. The van der Waals surface area contributed by atoms with Crippen LogP contribution in [0.3, 0.4) is 0 Å². The lowest BCUT2D eigenvalue weighted by Gasteiger charge is -2.25. The third kappa shape index (κ3) is 6.36. The summed E-state index contributed by atoms with van der Waals surface area (Å²) >= 11 is 0. The summed E-state index contributed by atoms with van der Waals surface area (Å²) in [6.07, 6.45) is 0. The number of benzene rings is 7. The third-order valence-electron chi connectivity index (χ3n) is 10.9. The van der Waals surface area contributed by atoms with Crippen LogP contribution in [0.5, 0.6) is 0 Å². The van der Waals surface area contributed by atoms with E-state index >= 15 is 0 Å². The van der Waals surface area contributed by atoms with Crippen molar-refractivity contribution in [2.24, 2.45) is 0 Å². The van der Waals surface area contributed by atoms with Gasteiger partial charge in [-0.25, -0.2) is 15.0 Å². The van der Waals surface area contributed by atoms with Crippen LogP contribution < -0.4 is 60.1 Å². The van der Waals surface area contributed by atoms with Crippen LogP contribution in [-0.4, -0.2) is 101 Å². The summed E-state index contributed by atoms with van der Waals surface area (Å²) in [6.45, 7) is 0. The van der Waals surface area contributed by atoms with E-state index in [1.807, 2.05) is 72.8 Å². The highest BCUT2D eigenvalue weighted by molar-refractivity contribution is 6.71. The minimum Gasteiger partial charge on any atom is -0.457 e. The lowest BCUT2D eigenvalue weighted by Crippen LogP contribution is -2.56. The van der Waals surface area contributed by atoms with Crippen LogP contribution in [0, 0.1) is 0 Å². The molecule has 0 amide bonds. The Morgan fingerprint density at radius 1 is 0.267 bits per heavy atom. The van der Waals surface area contributed by atoms with Gasteiger partial charge in [0.25, 0.3) is 0 Å². The summed E-state index contributed by atoms with van der Waals surface area (Å²) in [5.74, 6) is 0.900. The molecule has 15 heteroatoms. The summed E-state index contributed by atoms with van der Waals surface area (Å²) in [5, 5.41) is 0.560. The van der Waals surface area contributed by atoms with E-state index in [-0.39, 0.29) is 105 Å². The quantitative estimate of drug-likeness (QED) is 0.196. The molecule has 252 valence electrons. The van der Waals surface area contributed by atoms with Gasteiger partial charge in [0.1, 0.15) is 97.5 Å². The first kappa shape index (κ1) is 39.5. The van der Waals surface area contributed by atoms with Gasteiger partial charge in [-0.1, -0.05) is 147 Å². The molecule has 9 aromatic rings. The average molecular weight is 736 g/mol. The van der Waals surface area contributed by atoms with E-state index in [4.69, 9.17) is 106 Å². The molecular weight excluding hydrogens is 717 g/mol. The van der Waals surface area contributed by atoms with E-state index in [1.54, 1.807) is 0 Å². The Kier molecular flexibility index (Phi) is 10.1. The lowest BCUT2D eigenvalue weighted by atomic mass is 9.57. The highest BCUT2D eigenvalue weighted by Crippen LogP contribution is 2.31.